The van der Waals surface area contributed by atoms with Gasteiger partial charge in [-0.25, -0.2) is 4.39 Å². The molecule has 2 aromatic carbocycles. The summed E-state index contributed by atoms with van der Waals surface area (Å²) in [5, 5.41) is 4.40. The van der Waals surface area contributed by atoms with Crippen LogP contribution in [0.2, 0.25) is 10.0 Å². The second-order valence-corrected chi connectivity index (χ2v) is 5.10. The Morgan fingerprint density at radius 1 is 1.05 bits per heavy atom. The van der Waals surface area contributed by atoms with Crippen molar-refractivity contribution in [2.45, 2.75) is 0 Å². The topological polar surface area (TPSA) is 64.9 Å². The molecule has 2 N–H and O–H groups in total. The fourth-order valence-corrected chi connectivity index (χ4v) is 2.28. The number of aromatic nitrogens is 2. The van der Waals surface area contributed by atoms with Gasteiger partial charge in [-0.1, -0.05) is 40.5 Å². The Morgan fingerprint density at radius 3 is 2.43 bits per heavy atom. The van der Waals surface area contributed by atoms with Crippen LogP contribution < -0.4 is 5.73 Å². The van der Waals surface area contributed by atoms with Crippen molar-refractivity contribution in [2.24, 2.45) is 0 Å². The molecule has 0 bridgehead atoms. The van der Waals surface area contributed by atoms with Gasteiger partial charge in [-0.2, -0.15) is 4.98 Å². The molecule has 0 aliphatic carbocycles. The first kappa shape index (κ1) is 13.9. The molecule has 0 aliphatic heterocycles. The molecule has 0 aliphatic rings. The van der Waals surface area contributed by atoms with E-state index < -0.39 is 0 Å². The van der Waals surface area contributed by atoms with Gasteiger partial charge in [-0.15, -0.1) is 0 Å². The van der Waals surface area contributed by atoms with E-state index in [1.165, 1.54) is 12.1 Å². The maximum atomic E-state index is 13.2. The van der Waals surface area contributed by atoms with E-state index >= 15 is 0 Å². The number of halogens is 3. The second-order valence-electron chi connectivity index (χ2n) is 4.29. The Morgan fingerprint density at radius 2 is 1.76 bits per heavy atom. The molecule has 1 aromatic heterocycles. The number of nitrogen functional groups attached to an aromatic ring is 1. The average molecular weight is 324 g/mol. The molecule has 106 valence electrons. The fraction of sp³-hybridized carbons (Fsp3) is 0. The largest absolute Gasteiger partial charge is 0.396 e. The third kappa shape index (κ3) is 2.70. The molecule has 4 nitrogen and oxygen atoms in total. The highest BCUT2D eigenvalue weighted by atomic mass is 35.5. The lowest BCUT2D eigenvalue weighted by Gasteiger charge is -2.02. The van der Waals surface area contributed by atoms with Gasteiger partial charge in [0.15, 0.2) is 0 Å². The van der Waals surface area contributed by atoms with E-state index in [2.05, 4.69) is 10.1 Å². The second kappa shape index (κ2) is 5.35. The minimum absolute atomic E-state index is 0.220. The first-order valence-corrected chi connectivity index (χ1v) is 6.65. The summed E-state index contributed by atoms with van der Waals surface area (Å²) >= 11 is 11.9. The molecule has 3 rings (SSSR count). The van der Waals surface area contributed by atoms with E-state index in [0.29, 0.717) is 21.2 Å². The van der Waals surface area contributed by atoms with Crippen molar-refractivity contribution in [3.8, 4) is 22.8 Å². The van der Waals surface area contributed by atoms with E-state index in [1.807, 2.05) is 0 Å². The van der Waals surface area contributed by atoms with Gasteiger partial charge >= 0.3 is 0 Å². The molecule has 0 amide bonds. The molecule has 0 atom stereocenters. The molecule has 0 radical (unpaired) electrons. The smallest absolute Gasteiger partial charge is 0.258 e. The average Bonchev–Trinajstić information content (AvgIpc) is 2.94. The molecule has 7 heteroatoms. The Bertz CT molecular complexity index is 796. The number of nitrogens with zero attached hydrogens (tertiary/aromatic N) is 2. The van der Waals surface area contributed by atoms with Gasteiger partial charge in [-0.3, -0.25) is 0 Å². The van der Waals surface area contributed by atoms with Crippen molar-refractivity contribution >= 4 is 28.9 Å². The molecule has 0 spiro atoms. The van der Waals surface area contributed by atoms with E-state index in [4.69, 9.17) is 33.5 Å². The molecule has 21 heavy (non-hydrogen) atoms. The van der Waals surface area contributed by atoms with Gasteiger partial charge in [0.05, 0.1) is 15.7 Å². The number of benzene rings is 2. The normalized spacial score (nSPS) is 10.8. The number of hydrogen-bond donors (Lipinski definition) is 1. The third-order valence-electron chi connectivity index (χ3n) is 2.83. The highest BCUT2D eigenvalue weighted by molar-refractivity contribution is 6.39. The number of rotatable bonds is 2. The lowest BCUT2D eigenvalue weighted by molar-refractivity contribution is 0.432. The number of anilines is 1. The highest BCUT2D eigenvalue weighted by Crippen LogP contribution is 2.33. The van der Waals surface area contributed by atoms with Crippen LogP contribution in [0.25, 0.3) is 22.8 Å². The molecule has 3 aromatic rings. The summed E-state index contributed by atoms with van der Waals surface area (Å²) in [7, 11) is 0. The van der Waals surface area contributed by atoms with Crippen LogP contribution in [-0.2, 0) is 0 Å². The van der Waals surface area contributed by atoms with Crippen LogP contribution in [0.3, 0.4) is 0 Å². The summed E-state index contributed by atoms with van der Waals surface area (Å²) in [5.74, 6) is 0.115. The van der Waals surface area contributed by atoms with Crippen LogP contribution >= 0.6 is 23.2 Å². The van der Waals surface area contributed by atoms with Crippen molar-refractivity contribution in [3.05, 3.63) is 52.3 Å². The summed E-state index contributed by atoms with van der Waals surface area (Å²) in [6.07, 6.45) is 0. The predicted octanol–water partition coefficient (Wildman–Crippen LogP) is 4.43. The summed E-state index contributed by atoms with van der Waals surface area (Å²) in [6.45, 7) is 0. The van der Waals surface area contributed by atoms with Crippen molar-refractivity contribution in [1.29, 1.82) is 0 Å². The van der Waals surface area contributed by atoms with E-state index in [-0.39, 0.29) is 23.2 Å². The summed E-state index contributed by atoms with van der Waals surface area (Å²) in [4.78, 5) is 4.20. The summed E-state index contributed by atoms with van der Waals surface area (Å²) < 4.78 is 18.4. The van der Waals surface area contributed by atoms with E-state index in [9.17, 15) is 4.39 Å². The van der Waals surface area contributed by atoms with Crippen LogP contribution in [0, 0.1) is 5.82 Å². The van der Waals surface area contributed by atoms with E-state index in [1.54, 1.807) is 24.3 Å². The lowest BCUT2D eigenvalue weighted by Crippen LogP contribution is -1.89. The van der Waals surface area contributed by atoms with Crippen LogP contribution in [0.15, 0.2) is 40.9 Å². The van der Waals surface area contributed by atoms with E-state index in [0.717, 1.165) is 0 Å². The summed E-state index contributed by atoms with van der Waals surface area (Å²) in [5.41, 5.74) is 7.00. The number of nitrogens with two attached hydrogens (primary N) is 1. The van der Waals surface area contributed by atoms with Crippen LogP contribution in [0.4, 0.5) is 10.1 Å². The van der Waals surface area contributed by atoms with Crippen molar-refractivity contribution in [1.82, 2.24) is 10.1 Å². The Hall–Kier alpha value is -2.11. The minimum atomic E-state index is -0.377. The molecule has 1 heterocycles. The van der Waals surface area contributed by atoms with Gasteiger partial charge < -0.3 is 10.3 Å². The predicted molar refractivity (Wildman–Crippen MR) is 79.6 cm³/mol. The zero-order valence-corrected chi connectivity index (χ0v) is 12.0. The molecule has 0 unspecified atom stereocenters. The Labute approximate surface area is 129 Å². The van der Waals surface area contributed by atoms with Crippen molar-refractivity contribution in [3.63, 3.8) is 0 Å². The fourth-order valence-electron chi connectivity index (χ4n) is 1.79. The van der Waals surface area contributed by atoms with Crippen LogP contribution in [-0.4, -0.2) is 10.1 Å². The van der Waals surface area contributed by atoms with Crippen LogP contribution in [0.1, 0.15) is 0 Å². The third-order valence-corrected chi connectivity index (χ3v) is 3.46. The Balaban J connectivity index is 2.02. The van der Waals surface area contributed by atoms with Crippen LogP contribution in [0.5, 0.6) is 0 Å². The quantitative estimate of drug-likeness (QED) is 0.708. The van der Waals surface area contributed by atoms with Crippen molar-refractivity contribution < 1.29 is 8.91 Å². The zero-order valence-electron chi connectivity index (χ0n) is 10.5. The minimum Gasteiger partial charge on any atom is -0.396 e. The maximum absolute atomic E-state index is 13.2. The standard InChI is InChI=1S/C14H8Cl2FN3O/c15-10-5-8(6-11(16)12(10)18)14-19-13(20-21-14)7-2-1-3-9(17)4-7/h1-6H,18H2. The molecular weight excluding hydrogens is 316 g/mol. The summed E-state index contributed by atoms with van der Waals surface area (Å²) in [6, 6.07) is 9.05. The van der Waals surface area contributed by atoms with Crippen molar-refractivity contribution in [2.75, 3.05) is 5.73 Å². The van der Waals surface area contributed by atoms with Gasteiger partial charge in [0.2, 0.25) is 5.82 Å². The first-order chi connectivity index (χ1) is 10.0. The monoisotopic (exact) mass is 323 g/mol. The highest BCUT2D eigenvalue weighted by Gasteiger charge is 2.14. The van der Waals surface area contributed by atoms with Gasteiger partial charge in [0.25, 0.3) is 5.89 Å². The van der Waals surface area contributed by atoms with Gasteiger partial charge in [0, 0.05) is 11.1 Å². The molecule has 0 fully saturated rings. The number of hydrogen-bond acceptors (Lipinski definition) is 4. The van der Waals surface area contributed by atoms with Gasteiger partial charge in [-0.05, 0) is 24.3 Å². The molecule has 0 saturated carbocycles. The van der Waals surface area contributed by atoms with Gasteiger partial charge in [0.1, 0.15) is 5.82 Å². The maximum Gasteiger partial charge on any atom is 0.258 e. The molecule has 0 saturated heterocycles. The zero-order chi connectivity index (χ0) is 15.0. The Kier molecular flexibility index (Phi) is 3.53. The first-order valence-electron chi connectivity index (χ1n) is 5.89. The molecular formula is C14H8Cl2FN3O. The SMILES string of the molecule is Nc1c(Cl)cc(-c2nc(-c3cccc(F)c3)no2)cc1Cl. The lowest BCUT2D eigenvalue weighted by atomic mass is 10.2.